The van der Waals surface area contributed by atoms with Gasteiger partial charge in [-0.25, -0.2) is 0 Å². The topological polar surface area (TPSA) is 43.4 Å². The first kappa shape index (κ1) is 29.6. The van der Waals surface area contributed by atoms with E-state index in [-0.39, 0.29) is 36.0 Å². The minimum atomic E-state index is -0.909. The van der Waals surface area contributed by atoms with E-state index in [1.807, 2.05) is 0 Å². The van der Waals surface area contributed by atoms with E-state index in [0.29, 0.717) is 6.04 Å². The Morgan fingerprint density at radius 3 is 1.63 bits per heavy atom. The van der Waals surface area contributed by atoms with Gasteiger partial charge in [0.25, 0.3) is 0 Å². The van der Waals surface area contributed by atoms with Crippen LogP contribution in [0.5, 0.6) is 0 Å². The Morgan fingerprint density at radius 2 is 1.19 bits per heavy atom. The minimum absolute atomic E-state index is 0. The Morgan fingerprint density at radius 1 is 0.741 bits per heavy atom. The Hall–Kier alpha value is 0.430. The Labute approximate surface area is 192 Å². The quantitative estimate of drug-likeness (QED) is 0.237. The average Bonchev–Trinajstić information content (AvgIpc) is 2.62. The molecule has 1 unspecified atom stereocenters. The molecule has 0 bridgehead atoms. The van der Waals surface area contributed by atoms with E-state index in [9.17, 15) is 9.90 Å². The van der Waals surface area contributed by atoms with Gasteiger partial charge in [0.15, 0.2) is 0 Å². The fourth-order valence-corrected chi connectivity index (χ4v) is 3.63. The van der Waals surface area contributed by atoms with Crippen LogP contribution in [0.25, 0.3) is 0 Å². The fourth-order valence-electron chi connectivity index (χ4n) is 3.63. The molecule has 1 atom stereocenters. The van der Waals surface area contributed by atoms with Crippen LogP contribution in [-0.4, -0.2) is 30.0 Å². The van der Waals surface area contributed by atoms with Crippen LogP contribution in [0.1, 0.15) is 124 Å². The van der Waals surface area contributed by atoms with Gasteiger partial charge in [-0.2, -0.15) is 0 Å². The monoisotopic (exact) mass is 391 g/mol. The maximum absolute atomic E-state index is 10.6. The van der Waals surface area contributed by atoms with Gasteiger partial charge in [0.05, 0.1) is 0 Å². The van der Waals surface area contributed by atoms with Gasteiger partial charge in [-0.1, -0.05) is 84.5 Å². The first-order valence-electron chi connectivity index (χ1n) is 11.6. The molecule has 0 rings (SSSR count). The molecule has 0 amide bonds. The normalized spacial score (nSPS) is 12.1. The number of nitrogens with zero attached hydrogens (tertiary/aromatic N) is 1. The number of carbonyl (C=O) groups excluding carboxylic acids is 1. The summed E-state index contributed by atoms with van der Waals surface area (Å²) in [4.78, 5) is 13.2. The number of carboxylic acids is 1. The molecule has 4 heteroatoms. The standard InChI is InChI=1S/C23H47NO2.Na/c1-4-6-8-10-12-16-20-24(21-17-13-11-9-7-5-2)22(3)18-14-15-19-23(25)26;/h22H,4-21H2,1-3H3,(H,25,26);/q;+1/p-1. The molecule has 0 N–H and O–H groups in total. The molecule has 27 heavy (non-hydrogen) atoms. The number of rotatable bonds is 20. The predicted molar refractivity (Wildman–Crippen MR) is 111 cm³/mol. The zero-order valence-electron chi connectivity index (χ0n) is 19.1. The van der Waals surface area contributed by atoms with E-state index >= 15 is 0 Å². The third-order valence-electron chi connectivity index (χ3n) is 5.47. The van der Waals surface area contributed by atoms with Gasteiger partial charge in [-0.05, 0) is 52.1 Å². The summed E-state index contributed by atoms with van der Waals surface area (Å²) in [7, 11) is 0. The molecule has 0 aromatic rings. The van der Waals surface area contributed by atoms with Crippen molar-refractivity contribution in [1.82, 2.24) is 4.90 Å². The zero-order chi connectivity index (χ0) is 19.5. The number of hydrogen-bond acceptors (Lipinski definition) is 3. The summed E-state index contributed by atoms with van der Waals surface area (Å²) < 4.78 is 0. The van der Waals surface area contributed by atoms with Crippen molar-refractivity contribution in [3.8, 4) is 0 Å². The van der Waals surface area contributed by atoms with E-state index in [1.165, 1.54) is 90.1 Å². The second-order valence-electron chi connectivity index (χ2n) is 8.04. The van der Waals surface area contributed by atoms with Crippen molar-refractivity contribution in [2.24, 2.45) is 0 Å². The number of carboxylic acid groups (broad SMARTS) is 1. The number of hydrogen-bond donors (Lipinski definition) is 0. The molecule has 0 spiro atoms. The third kappa shape index (κ3) is 21.0. The molecule has 0 aliphatic heterocycles. The predicted octanol–water partition coefficient (Wildman–Crippen LogP) is 2.71. The summed E-state index contributed by atoms with van der Waals surface area (Å²) in [5, 5.41) is 10.6. The van der Waals surface area contributed by atoms with Crippen LogP contribution < -0.4 is 34.7 Å². The summed E-state index contributed by atoms with van der Waals surface area (Å²) in [6, 6.07) is 0.572. The largest absolute Gasteiger partial charge is 1.00 e. The van der Waals surface area contributed by atoms with Crippen LogP contribution in [0, 0.1) is 0 Å². The van der Waals surface area contributed by atoms with Crippen LogP contribution in [0.2, 0.25) is 0 Å². The molecular weight excluding hydrogens is 345 g/mol. The van der Waals surface area contributed by atoms with Crippen molar-refractivity contribution in [1.29, 1.82) is 0 Å². The summed E-state index contributed by atoms with van der Waals surface area (Å²) >= 11 is 0. The minimum Gasteiger partial charge on any atom is -0.550 e. The molecule has 0 fully saturated rings. The van der Waals surface area contributed by atoms with Crippen molar-refractivity contribution < 1.29 is 39.5 Å². The van der Waals surface area contributed by atoms with Gasteiger partial charge in [0.1, 0.15) is 0 Å². The zero-order valence-corrected chi connectivity index (χ0v) is 21.1. The third-order valence-corrected chi connectivity index (χ3v) is 5.47. The molecule has 0 radical (unpaired) electrons. The average molecular weight is 392 g/mol. The Balaban J connectivity index is 0. The number of unbranched alkanes of at least 4 members (excludes halogenated alkanes) is 11. The van der Waals surface area contributed by atoms with Gasteiger partial charge >= 0.3 is 29.6 Å². The molecule has 0 heterocycles. The molecular formula is C23H46NNaO2. The molecule has 156 valence electrons. The van der Waals surface area contributed by atoms with E-state index in [0.717, 1.165) is 19.3 Å². The van der Waals surface area contributed by atoms with Crippen molar-refractivity contribution in [2.75, 3.05) is 13.1 Å². The summed E-state index contributed by atoms with van der Waals surface area (Å²) in [6.07, 6.45) is 19.3. The SMILES string of the molecule is CCCCCCCCN(CCCCCCCC)C(C)CCCCC(=O)[O-].[Na+]. The van der Waals surface area contributed by atoms with E-state index in [1.54, 1.807) is 0 Å². The second-order valence-corrected chi connectivity index (χ2v) is 8.04. The van der Waals surface area contributed by atoms with Crippen molar-refractivity contribution >= 4 is 5.97 Å². The van der Waals surface area contributed by atoms with Crippen LogP contribution >= 0.6 is 0 Å². The maximum atomic E-state index is 10.6. The smallest absolute Gasteiger partial charge is 0.550 e. The van der Waals surface area contributed by atoms with Crippen LogP contribution in [0.15, 0.2) is 0 Å². The first-order valence-corrected chi connectivity index (χ1v) is 11.6. The van der Waals surface area contributed by atoms with Crippen LogP contribution in [0.3, 0.4) is 0 Å². The van der Waals surface area contributed by atoms with Crippen molar-refractivity contribution in [2.45, 2.75) is 130 Å². The van der Waals surface area contributed by atoms with Gasteiger partial charge in [0, 0.05) is 12.0 Å². The van der Waals surface area contributed by atoms with Crippen molar-refractivity contribution in [3.05, 3.63) is 0 Å². The first-order chi connectivity index (χ1) is 12.6. The maximum Gasteiger partial charge on any atom is 1.00 e. The van der Waals surface area contributed by atoms with Gasteiger partial charge in [-0.15, -0.1) is 0 Å². The molecule has 0 saturated heterocycles. The van der Waals surface area contributed by atoms with E-state index in [2.05, 4.69) is 25.7 Å². The number of carbonyl (C=O) groups is 1. The molecule has 0 aromatic heterocycles. The molecule has 0 saturated carbocycles. The van der Waals surface area contributed by atoms with Crippen LogP contribution in [0.4, 0.5) is 0 Å². The van der Waals surface area contributed by atoms with Gasteiger partial charge in [0.2, 0.25) is 0 Å². The molecule has 0 aromatic carbocycles. The second kappa shape index (κ2) is 22.7. The Bertz CT molecular complexity index is 297. The van der Waals surface area contributed by atoms with Gasteiger partial charge < -0.3 is 14.8 Å². The molecule has 3 nitrogen and oxygen atoms in total. The van der Waals surface area contributed by atoms with Crippen molar-refractivity contribution in [3.63, 3.8) is 0 Å². The summed E-state index contributed by atoms with van der Waals surface area (Å²) in [5.41, 5.74) is 0. The summed E-state index contributed by atoms with van der Waals surface area (Å²) in [6.45, 7) is 9.29. The van der Waals surface area contributed by atoms with E-state index in [4.69, 9.17) is 0 Å². The van der Waals surface area contributed by atoms with E-state index < -0.39 is 5.97 Å². The van der Waals surface area contributed by atoms with Crippen LogP contribution in [-0.2, 0) is 4.79 Å². The molecule has 0 aliphatic carbocycles. The Kier molecular flexibility index (Phi) is 24.9. The fraction of sp³-hybridized carbons (Fsp3) is 0.957. The van der Waals surface area contributed by atoms with Gasteiger partial charge in [-0.3, -0.25) is 0 Å². The summed E-state index contributed by atoms with van der Waals surface area (Å²) in [5.74, 6) is -0.909. The number of aliphatic carboxylic acids is 1. The molecule has 0 aliphatic rings.